The third-order valence-corrected chi connectivity index (χ3v) is 2.21. The average molecular weight is 284 g/mol. The molecule has 0 aliphatic carbocycles. The fourth-order valence-electron chi connectivity index (χ4n) is 1.47. The molecule has 0 saturated heterocycles. The molecule has 1 aromatic heterocycles. The van der Waals surface area contributed by atoms with Crippen molar-refractivity contribution >= 4 is 12.1 Å². The van der Waals surface area contributed by atoms with Gasteiger partial charge in [-0.2, -0.15) is 0 Å². The van der Waals surface area contributed by atoms with Crippen molar-refractivity contribution in [1.29, 1.82) is 0 Å². The average Bonchev–Trinajstić information content (AvgIpc) is 2.66. The molecule has 0 saturated carbocycles. The maximum atomic E-state index is 11.8. The highest BCUT2D eigenvalue weighted by Crippen LogP contribution is 2.15. The van der Waals surface area contributed by atoms with Crippen molar-refractivity contribution in [3.8, 4) is 0 Å². The fourth-order valence-corrected chi connectivity index (χ4v) is 1.47. The highest BCUT2D eigenvalue weighted by atomic mass is 16.6. The molecule has 1 amide bonds. The first-order valence-electron chi connectivity index (χ1n) is 6.33. The lowest BCUT2D eigenvalue weighted by molar-refractivity contribution is 0.0496. The van der Waals surface area contributed by atoms with Gasteiger partial charge in [-0.1, -0.05) is 5.16 Å². The first-order valence-corrected chi connectivity index (χ1v) is 6.33. The van der Waals surface area contributed by atoms with Crippen molar-refractivity contribution in [2.45, 2.75) is 46.8 Å². The second-order valence-electron chi connectivity index (χ2n) is 5.14. The standard InChI is InChI=1S/C13H20N2O5/c1-6-18-11(16)10-8(2)15-20-9(10)7-14-12(17)19-13(3,4)5/h6-7H2,1-5H3,(H,14,17). The second-order valence-corrected chi connectivity index (χ2v) is 5.14. The van der Waals surface area contributed by atoms with Crippen LogP contribution < -0.4 is 5.32 Å². The molecular formula is C13H20N2O5. The summed E-state index contributed by atoms with van der Waals surface area (Å²) < 4.78 is 15.0. The SMILES string of the molecule is CCOC(=O)c1c(C)noc1CNC(=O)OC(C)(C)C. The number of carbonyl (C=O) groups is 2. The van der Waals surface area contributed by atoms with Crippen molar-refractivity contribution in [3.05, 3.63) is 17.0 Å². The minimum absolute atomic E-state index is 0.00387. The number of ether oxygens (including phenoxy) is 2. The first-order chi connectivity index (χ1) is 9.24. The summed E-state index contributed by atoms with van der Waals surface area (Å²) in [4.78, 5) is 23.3. The topological polar surface area (TPSA) is 90.7 Å². The molecule has 0 aliphatic heterocycles. The van der Waals surface area contributed by atoms with Gasteiger partial charge in [-0.05, 0) is 34.6 Å². The van der Waals surface area contributed by atoms with E-state index in [9.17, 15) is 9.59 Å². The zero-order valence-electron chi connectivity index (χ0n) is 12.4. The van der Waals surface area contributed by atoms with Crippen LogP contribution in [0.2, 0.25) is 0 Å². The Balaban J connectivity index is 2.70. The summed E-state index contributed by atoms with van der Waals surface area (Å²) in [6.45, 7) is 8.87. The molecule has 1 aromatic rings. The van der Waals surface area contributed by atoms with E-state index in [1.165, 1.54) is 0 Å². The van der Waals surface area contributed by atoms with E-state index in [1.807, 2.05) is 0 Å². The molecule has 20 heavy (non-hydrogen) atoms. The molecule has 112 valence electrons. The number of nitrogens with zero attached hydrogens (tertiary/aromatic N) is 1. The van der Waals surface area contributed by atoms with Crippen LogP contribution in [0, 0.1) is 6.92 Å². The third-order valence-electron chi connectivity index (χ3n) is 2.21. The van der Waals surface area contributed by atoms with Crippen molar-refractivity contribution in [3.63, 3.8) is 0 Å². The lowest BCUT2D eigenvalue weighted by Crippen LogP contribution is -2.32. The van der Waals surface area contributed by atoms with Crippen LogP contribution in [0.3, 0.4) is 0 Å². The lowest BCUT2D eigenvalue weighted by atomic mass is 10.2. The van der Waals surface area contributed by atoms with Gasteiger partial charge in [0.1, 0.15) is 11.2 Å². The Morgan fingerprint density at radius 3 is 2.55 bits per heavy atom. The molecule has 0 fully saturated rings. The molecule has 0 unspecified atom stereocenters. The van der Waals surface area contributed by atoms with E-state index in [0.29, 0.717) is 5.69 Å². The Morgan fingerprint density at radius 1 is 1.35 bits per heavy atom. The molecule has 7 nitrogen and oxygen atoms in total. The van der Waals surface area contributed by atoms with Gasteiger partial charge in [0.05, 0.1) is 18.8 Å². The van der Waals surface area contributed by atoms with Crippen LogP contribution in [0.15, 0.2) is 4.52 Å². The first kappa shape index (κ1) is 16.0. The van der Waals surface area contributed by atoms with E-state index in [2.05, 4.69) is 10.5 Å². The van der Waals surface area contributed by atoms with E-state index in [0.717, 1.165) is 0 Å². The third kappa shape index (κ3) is 4.56. The van der Waals surface area contributed by atoms with Gasteiger partial charge in [-0.25, -0.2) is 9.59 Å². The van der Waals surface area contributed by atoms with Crippen molar-refractivity contribution in [2.75, 3.05) is 6.61 Å². The summed E-state index contributed by atoms with van der Waals surface area (Å²) in [6, 6.07) is 0. The highest BCUT2D eigenvalue weighted by molar-refractivity contribution is 5.91. The van der Waals surface area contributed by atoms with E-state index in [1.54, 1.807) is 34.6 Å². The summed E-state index contributed by atoms with van der Waals surface area (Å²) in [6.07, 6.45) is -0.596. The zero-order valence-corrected chi connectivity index (χ0v) is 12.4. The maximum Gasteiger partial charge on any atom is 0.408 e. The van der Waals surface area contributed by atoms with E-state index in [-0.39, 0.29) is 24.5 Å². The highest BCUT2D eigenvalue weighted by Gasteiger charge is 2.23. The monoisotopic (exact) mass is 284 g/mol. The van der Waals surface area contributed by atoms with Crippen LogP contribution in [0.25, 0.3) is 0 Å². The van der Waals surface area contributed by atoms with Crippen LogP contribution in [0.5, 0.6) is 0 Å². The number of amides is 1. The normalized spacial score (nSPS) is 11.1. The Morgan fingerprint density at radius 2 is 2.00 bits per heavy atom. The molecular weight excluding hydrogens is 264 g/mol. The molecule has 0 radical (unpaired) electrons. The number of rotatable bonds is 4. The molecule has 0 aromatic carbocycles. The minimum Gasteiger partial charge on any atom is -0.462 e. The van der Waals surface area contributed by atoms with Crippen LogP contribution in [0.4, 0.5) is 4.79 Å². The molecule has 7 heteroatoms. The number of aromatic nitrogens is 1. The van der Waals surface area contributed by atoms with Crippen molar-refractivity contribution in [1.82, 2.24) is 10.5 Å². The number of hydrogen-bond donors (Lipinski definition) is 1. The van der Waals surface area contributed by atoms with E-state index < -0.39 is 17.7 Å². The molecule has 1 rings (SSSR count). The Hall–Kier alpha value is -2.05. The zero-order chi connectivity index (χ0) is 15.3. The van der Waals surface area contributed by atoms with Gasteiger partial charge >= 0.3 is 12.1 Å². The van der Waals surface area contributed by atoms with Gasteiger partial charge in [-0.3, -0.25) is 0 Å². The van der Waals surface area contributed by atoms with Crippen molar-refractivity contribution in [2.24, 2.45) is 0 Å². The molecule has 0 bridgehead atoms. The van der Waals surface area contributed by atoms with Gasteiger partial charge in [0.2, 0.25) is 0 Å². The smallest absolute Gasteiger partial charge is 0.408 e. The van der Waals surface area contributed by atoms with E-state index >= 15 is 0 Å². The van der Waals surface area contributed by atoms with Crippen molar-refractivity contribution < 1.29 is 23.6 Å². The van der Waals surface area contributed by atoms with Crippen LogP contribution in [-0.2, 0) is 16.0 Å². The Labute approximate surface area is 117 Å². The van der Waals surface area contributed by atoms with Gasteiger partial charge < -0.3 is 19.3 Å². The number of carbonyl (C=O) groups excluding carboxylic acids is 2. The van der Waals surface area contributed by atoms with Gasteiger partial charge in [0, 0.05) is 0 Å². The minimum atomic E-state index is -0.596. The summed E-state index contributed by atoms with van der Waals surface area (Å²) in [7, 11) is 0. The maximum absolute atomic E-state index is 11.8. The van der Waals surface area contributed by atoms with Gasteiger partial charge in [0.25, 0.3) is 0 Å². The number of aryl methyl sites for hydroxylation is 1. The second kappa shape index (κ2) is 6.40. The summed E-state index contributed by atoms with van der Waals surface area (Å²) in [5.41, 5.74) is 0.0677. The predicted molar refractivity (Wildman–Crippen MR) is 70.3 cm³/mol. The Bertz CT molecular complexity index is 487. The number of hydrogen-bond acceptors (Lipinski definition) is 6. The van der Waals surface area contributed by atoms with Gasteiger partial charge in [-0.15, -0.1) is 0 Å². The summed E-state index contributed by atoms with van der Waals surface area (Å²) in [5, 5.41) is 6.21. The quantitative estimate of drug-likeness (QED) is 0.852. The largest absolute Gasteiger partial charge is 0.462 e. The lowest BCUT2D eigenvalue weighted by Gasteiger charge is -2.19. The van der Waals surface area contributed by atoms with Crippen LogP contribution in [0.1, 0.15) is 49.5 Å². The molecule has 0 spiro atoms. The molecule has 1 N–H and O–H groups in total. The van der Waals surface area contributed by atoms with Crippen LogP contribution in [-0.4, -0.2) is 29.4 Å². The molecule has 0 aliphatic rings. The Kier molecular flexibility index (Phi) is 5.12. The molecule has 1 heterocycles. The fraction of sp³-hybridized carbons (Fsp3) is 0.615. The summed E-state index contributed by atoms with van der Waals surface area (Å²) in [5.74, 6) is -0.279. The number of esters is 1. The summed E-state index contributed by atoms with van der Waals surface area (Å²) >= 11 is 0. The van der Waals surface area contributed by atoms with Crippen LogP contribution >= 0.6 is 0 Å². The predicted octanol–water partition coefficient (Wildman–Crippen LogP) is 2.18. The number of nitrogens with one attached hydrogen (secondary N) is 1. The van der Waals surface area contributed by atoms with E-state index in [4.69, 9.17) is 14.0 Å². The molecule has 0 atom stereocenters. The van der Waals surface area contributed by atoms with Gasteiger partial charge in [0.15, 0.2) is 5.76 Å². The number of alkyl carbamates (subject to hydrolysis) is 1.